The van der Waals surface area contributed by atoms with Crippen molar-refractivity contribution < 1.29 is 19.1 Å². The van der Waals surface area contributed by atoms with Crippen molar-refractivity contribution >= 4 is 22.9 Å². The second kappa shape index (κ2) is 4.96. The third-order valence-electron chi connectivity index (χ3n) is 3.63. The van der Waals surface area contributed by atoms with Crippen LogP contribution >= 0.6 is 0 Å². The number of benzene rings is 1. The SMILES string of the molecule is CC(C(=O)O)C(C)C(=O)c1ccc2c(c1)oc(=O)n2C. The molecule has 0 aliphatic heterocycles. The van der Waals surface area contributed by atoms with Crippen molar-refractivity contribution in [2.75, 3.05) is 0 Å². The van der Waals surface area contributed by atoms with E-state index in [0.717, 1.165) is 0 Å². The molecule has 0 saturated carbocycles. The summed E-state index contributed by atoms with van der Waals surface area (Å²) in [5, 5.41) is 8.94. The van der Waals surface area contributed by atoms with Gasteiger partial charge in [-0.3, -0.25) is 14.2 Å². The van der Waals surface area contributed by atoms with Gasteiger partial charge in [-0.15, -0.1) is 0 Å². The zero-order chi connectivity index (χ0) is 15.0. The highest BCUT2D eigenvalue weighted by Crippen LogP contribution is 2.21. The second-order valence-corrected chi connectivity index (χ2v) is 4.89. The smallest absolute Gasteiger partial charge is 0.419 e. The summed E-state index contributed by atoms with van der Waals surface area (Å²) < 4.78 is 6.36. The molecule has 2 atom stereocenters. The van der Waals surface area contributed by atoms with Crippen LogP contribution in [0.2, 0.25) is 0 Å². The van der Waals surface area contributed by atoms with Gasteiger partial charge in [-0.25, -0.2) is 4.79 Å². The zero-order valence-corrected chi connectivity index (χ0v) is 11.4. The summed E-state index contributed by atoms with van der Waals surface area (Å²) in [5.74, 6) is -3.23. The highest BCUT2D eigenvalue weighted by Gasteiger charge is 2.27. The largest absolute Gasteiger partial charge is 0.481 e. The molecular formula is C14H15NO5. The van der Waals surface area contributed by atoms with Crippen LogP contribution in [0.4, 0.5) is 0 Å². The standard InChI is InChI=1S/C14H15NO5/c1-7(8(2)13(17)18)12(16)9-4-5-10-11(6-9)20-14(19)15(10)3/h4-8H,1-3H3,(H,17,18). The lowest BCUT2D eigenvalue weighted by Crippen LogP contribution is -2.25. The Morgan fingerprint density at radius 1 is 1.25 bits per heavy atom. The molecule has 1 heterocycles. The van der Waals surface area contributed by atoms with Gasteiger partial charge in [0.25, 0.3) is 0 Å². The average Bonchev–Trinajstić information content (AvgIpc) is 2.71. The normalized spacial score (nSPS) is 14.2. The van der Waals surface area contributed by atoms with Gasteiger partial charge in [0, 0.05) is 18.5 Å². The van der Waals surface area contributed by atoms with Crippen molar-refractivity contribution in [2.45, 2.75) is 13.8 Å². The molecular weight excluding hydrogens is 262 g/mol. The van der Waals surface area contributed by atoms with E-state index in [-0.39, 0.29) is 5.78 Å². The Hall–Kier alpha value is -2.37. The Morgan fingerprint density at radius 3 is 2.50 bits per heavy atom. The number of Topliss-reactive ketones (excluding diaryl/α,β-unsaturated/α-hetero) is 1. The van der Waals surface area contributed by atoms with Gasteiger partial charge in [-0.1, -0.05) is 13.8 Å². The summed E-state index contributed by atoms with van der Waals surface area (Å²) in [4.78, 5) is 34.5. The number of carbonyl (C=O) groups excluding carboxylic acids is 1. The third-order valence-corrected chi connectivity index (χ3v) is 3.63. The summed E-state index contributed by atoms with van der Waals surface area (Å²) in [5.41, 5.74) is 1.25. The molecule has 6 heteroatoms. The minimum absolute atomic E-state index is 0.284. The minimum Gasteiger partial charge on any atom is -0.481 e. The van der Waals surface area contributed by atoms with Gasteiger partial charge in [0.1, 0.15) is 0 Å². The number of fused-ring (bicyclic) bond motifs is 1. The molecule has 2 unspecified atom stereocenters. The number of carboxylic acid groups (broad SMARTS) is 1. The first-order chi connectivity index (χ1) is 9.32. The monoisotopic (exact) mass is 277 g/mol. The maximum atomic E-state index is 12.2. The van der Waals surface area contributed by atoms with Gasteiger partial charge >= 0.3 is 11.7 Å². The Bertz CT molecular complexity index is 740. The molecule has 0 bridgehead atoms. The van der Waals surface area contributed by atoms with Crippen molar-refractivity contribution in [3.05, 3.63) is 34.3 Å². The van der Waals surface area contributed by atoms with Gasteiger partial charge in [0.05, 0.1) is 11.4 Å². The van der Waals surface area contributed by atoms with Crippen LogP contribution in [0, 0.1) is 11.8 Å². The Labute approximate surface area is 114 Å². The first-order valence-electron chi connectivity index (χ1n) is 6.19. The molecule has 0 spiro atoms. The molecule has 1 aromatic carbocycles. The van der Waals surface area contributed by atoms with E-state index < -0.39 is 23.6 Å². The zero-order valence-electron chi connectivity index (χ0n) is 11.4. The van der Waals surface area contributed by atoms with Gasteiger partial charge in [0.15, 0.2) is 11.4 Å². The lowest BCUT2D eigenvalue weighted by molar-refractivity contribution is -0.142. The van der Waals surface area contributed by atoms with Gasteiger partial charge in [-0.2, -0.15) is 0 Å². The van der Waals surface area contributed by atoms with Crippen LogP contribution in [0.3, 0.4) is 0 Å². The van der Waals surface area contributed by atoms with Crippen LogP contribution in [-0.4, -0.2) is 21.4 Å². The van der Waals surface area contributed by atoms with E-state index in [1.54, 1.807) is 26.1 Å². The fraction of sp³-hybridized carbons (Fsp3) is 0.357. The Kier molecular flexibility index (Phi) is 3.48. The van der Waals surface area contributed by atoms with E-state index in [2.05, 4.69) is 0 Å². The molecule has 20 heavy (non-hydrogen) atoms. The van der Waals surface area contributed by atoms with Crippen LogP contribution in [0.25, 0.3) is 11.1 Å². The van der Waals surface area contributed by atoms with Gasteiger partial charge in [0.2, 0.25) is 0 Å². The van der Waals surface area contributed by atoms with Crippen molar-refractivity contribution in [3.8, 4) is 0 Å². The van der Waals surface area contributed by atoms with E-state index in [9.17, 15) is 14.4 Å². The summed E-state index contributed by atoms with van der Waals surface area (Å²) in [6, 6.07) is 4.67. The topological polar surface area (TPSA) is 89.5 Å². The quantitative estimate of drug-likeness (QED) is 0.858. The van der Waals surface area contributed by atoms with E-state index >= 15 is 0 Å². The molecule has 1 aromatic heterocycles. The van der Waals surface area contributed by atoms with Crippen LogP contribution < -0.4 is 5.76 Å². The molecule has 2 aromatic rings. The maximum Gasteiger partial charge on any atom is 0.419 e. The van der Waals surface area contributed by atoms with E-state index in [1.165, 1.54) is 17.6 Å². The molecule has 0 fully saturated rings. The fourth-order valence-electron chi connectivity index (χ4n) is 1.99. The predicted octanol–water partition coefficient (Wildman–Crippen LogP) is 1.67. The van der Waals surface area contributed by atoms with E-state index in [0.29, 0.717) is 16.7 Å². The maximum absolute atomic E-state index is 12.2. The first kappa shape index (κ1) is 14.0. The fourth-order valence-corrected chi connectivity index (χ4v) is 1.99. The first-order valence-corrected chi connectivity index (χ1v) is 6.19. The van der Waals surface area contributed by atoms with Crippen LogP contribution in [0.15, 0.2) is 27.4 Å². The molecule has 106 valence electrons. The molecule has 1 N–H and O–H groups in total. The minimum atomic E-state index is -1.02. The molecule has 0 saturated heterocycles. The predicted molar refractivity (Wildman–Crippen MR) is 71.7 cm³/mol. The lowest BCUT2D eigenvalue weighted by Gasteiger charge is -2.14. The number of aliphatic carboxylic acids is 1. The lowest BCUT2D eigenvalue weighted by atomic mass is 9.88. The third kappa shape index (κ3) is 2.24. The number of aryl methyl sites for hydroxylation is 1. The van der Waals surface area contributed by atoms with E-state index in [1.807, 2.05) is 0 Å². The van der Waals surface area contributed by atoms with Crippen LogP contribution in [-0.2, 0) is 11.8 Å². The number of aromatic nitrogens is 1. The Balaban J connectivity index is 2.40. The number of oxazole rings is 1. The second-order valence-electron chi connectivity index (χ2n) is 4.89. The molecule has 0 amide bonds. The van der Waals surface area contributed by atoms with Crippen molar-refractivity contribution in [3.63, 3.8) is 0 Å². The number of ketones is 1. The molecule has 0 aliphatic rings. The molecule has 6 nitrogen and oxygen atoms in total. The number of rotatable bonds is 4. The number of carbonyl (C=O) groups is 2. The molecule has 2 rings (SSSR count). The summed E-state index contributed by atoms with van der Waals surface area (Å²) in [6.07, 6.45) is 0. The van der Waals surface area contributed by atoms with Crippen LogP contribution in [0.5, 0.6) is 0 Å². The number of carboxylic acids is 1. The van der Waals surface area contributed by atoms with Crippen molar-refractivity contribution in [1.29, 1.82) is 0 Å². The van der Waals surface area contributed by atoms with E-state index in [4.69, 9.17) is 9.52 Å². The number of hydrogen-bond acceptors (Lipinski definition) is 4. The van der Waals surface area contributed by atoms with Crippen LogP contribution in [0.1, 0.15) is 24.2 Å². The van der Waals surface area contributed by atoms with Gasteiger partial charge in [-0.05, 0) is 18.2 Å². The number of hydrogen-bond donors (Lipinski definition) is 1. The summed E-state index contributed by atoms with van der Waals surface area (Å²) >= 11 is 0. The highest BCUT2D eigenvalue weighted by molar-refractivity contribution is 6.01. The number of nitrogens with zero attached hydrogens (tertiary/aromatic N) is 1. The molecule has 0 radical (unpaired) electrons. The summed E-state index contributed by atoms with van der Waals surface area (Å²) in [6.45, 7) is 3.07. The van der Waals surface area contributed by atoms with Crippen molar-refractivity contribution in [1.82, 2.24) is 4.57 Å². The molecule has 0 aliphatic carbocycles. The summed E-state index contributed by atoms with van der Waals surface area (Å²) in [7, 11) is 1.57. The average molecular weight is 277 g/mol. The van der Waals surface area contributed by atoms with Crippen molar-refractivity contribution in [2.24, 2.45) is 18.9 Å². The van der Waals surface area contributed by atoms with Gasteiger partial charge < -0.3 is 9.52 Å². The highest BCUT2D eigenvalue weighted by atomic mass is 16.4. The Morgan fingerprint density at radius 2 is 1.90 bits per heavy atom.